The van der Waals surface area contributed by atoms with Gasteiger partial charge in [-0.05, 0) is 37.7 Å². The van der Waals surface area contributed by atoms with Crippen LogP contribution in [0, 0.1) is 0 Å². The van der Waals surface area contributed by atoms with Crippen molar-refractivity contribution in [1.29, 1.82) is 0 Å². The Balaban J connectivity index is 1.62. The van der Waals surface area contributed by atoms with Gasteiger partial charge in [0.2, 0.25) is 5.91 Å². The molecule has 2 aliphatic rings. The fraction of sp³-hybridized carbons (Fsp3) is 0.611. The van der Waals surface area contributed by atoms with E-state index in [0.717, 1.165) is 19.3 Å². The predicted molar refractivity (Wildman–Crippen MR) is 84.9 cm³/mol. The van der Waals surface area contributed by atoms with E-state index in [4.69, 9.17) is 0 Å². The van der Waals surface area contributed by atoms with Gasteiger partial charge in [-0.25, -0.2) is 0 Å². The van der Waals surface area contributed by atoms with Crippen LogP contribution in [0.1, 0.15) is 51.0 Å². The van der Waals surface area contributed by atoms with Crippen molar-refractivity contribution in [1.82, 2.24) is 10.2 Å². The van der Waals surface area contributed by atoms with Crippen LogP contribution in [-0.2, 0) is 11.2 Å². The first-order valence-corrected chi connectivity index (χ1v) is 8.41. The van der Waals surface area contributed by atoms with Crippen molar-refractivity contribution in [3.8, 4) is 0 Å². The number of nitrogens with one attached hydrogen (secondary N) is 1. The van der Waals surface area contributed by atoms with E-state index in [1.165, 1.54) is 31.2 Å². The van der Waals surface area contributed by atoms with E-state index in [1.54, 1.807) is 0 Å². The molecule has 0 radical (unpaired) electrons. The molecule has 1 amide bonds. The van der Waals surface area contributed by atoms with Crippen LogP contribution < -0.4 is 5.32 Å². The molecule has 0 aromatic heterocycles. The van der Waals surface area contributed by atoms with Gasteiger partial charge in [-0.2, -0.15) is 0 Å². The summed E-state index contributed by atoms with van der Waals surface area (Å²) in [5.74, 6) is 0.338. The monoisotopic (exact) mass is 286 g/mol. The molecule has 2 fully saturated rings. The molecule has 0 bridgehead atoms. The smallest absolute Gasteiger partial charge is 0.241 e. The average molecular weight is 286 g/mol. The van der Waals surface area contributed by atoms with Crippen LogP contribution >= 0.6 is 0 Å². The number of amides is 1. The minimum atomic E-state index is 0.00996. The standard InChI is InChI=1S/C18H26N2O/c1-2-17-19-16(13-12-14-8-4-3-5-9-14)18(21)20(17)15-10-6-7-11-15/h3-5,8-9,15-17,19H,2,6-7,10-13H2,1H3. The highest BCUT2D eigenvalue weighted by Crippen LogP contribution is 2.29. The molecule has 2 unspecified atom stereocenters. The second-order valence-corrected chi connectivity index (χ2v) is 6.35. The molecule has 1 N–H and O–H groups in total. The Morgan fingerprint density at radius 3 is 2.57 bits per heavy atom. The summed E-state index contributed by atoms with van der Waals surface area (Å²) in [7, 11) is 0. The van der Waals surface area contributed by atoms with Gasteiger partial charge in [0.1, 0.15) is 0 Å². The van der Waals surface area contributed by atoms with Crippen LogP contribution in [0.2, 0.25) is 0 Å². The zero-order valence-electron chi connectivity index (χ0n) is 12.9. The van der Waals surface area contributed by atoms with Crippen LogP contribution in [-0.4, -0.2) is 29.1 Å². The Labute approximate surface area is 127 Å². The van der Waals surface area contributed by atoms with Crippen molar-refractivity contribution in [2.45, 2.75) is 70.1 Å². The summed E-state index contributed by atoms with van der Waals surface area (Å²) >= 11 is 0. The molecule has 1 aromatic rings. The minimum absolute atomic E-state index is 0.00996. The lowest BCUT2D eigenvalue weighted by atomic mass is 10.0. The highest BCUT2D eigenvalue weighted by molar-refractivity contribution is 5.84. The van der Waals surface area contributed by atoms with Gasteiger partial charge < -0.3 is 4.90 Å². The summed E-state index contributed by atoms with van der Waals surface area (Å²) in [6.07, 6.45) is 8.07. The van der Waals surface area contributed by atoms with Crippen LogP contribution in [0.4, 0.5) is 0 Å². The molecule has 3 heteroatoms. The van der Waals surface area contributed by atoms with E-state index in [0.29, 0.717) is 11.9 Å². The number of rotatable bonds is 5. The zero-order chi connectivity index (χ0) is 14.7. The molecule has 1 saturated carbocycles. The maximum absolute atomic E-state index is 12.7. The fourth-order valence-electron chi connectivity index (χ4n) is 3.81. The summed E-state index contributed by atoms with van der Waals surface area (Å²) in [5, 5.41) is 3.56. The molecule has 114 valence electrons. The first-order chi connectivity index (χ1) is 10.3. The average Bonchev–Trinajstić information content (AvgIpc) is 3.14. The Morgan fingerprint density at radius 2 is 1.90 bits per heavy atom. The normalized spacial score (nSPS) is 26.7. The summed E-state index contributed by atoms with van der Waals surface area (Å²) in [4.78, 5) is 14.9. The van der Waals surface area contributed by atoms with E-state index < -0.39 is 0 Å². The summed E-state index contributed by atoms with van der Waals surface area (Å²) in [5.41, 5.74) is 1.32. The summed E-state index contributed by atoms with van der Waals surface area (Å²) in [6, 6.07) is 11.0. The number of aryl methyl sites for hydroxylation is 1. The first kappa shape index (κ1) is 14.6. The van der Waals surface area contributed by atoms with Crippen LogP contribution in [0.5, 0.6) is 0 Å². The number of benzene rings is 1. The third-order valence-corrected chi connectivity index (χ3v) is 4.95. The maximum Gasteiger partial charge on any atom is 0.241 e. The topological polar surface area (TPSA) is 32.3 Å². The molecule has 1 heterocycles. The minimum Gasteiger partial charge on any atom is -0.323 e. The van der Waals surface area contributed by atoms with Crippen LogP contribution in [0.15, 0.2) is 30.3 Å². The lowest BCUT2D eigenvalue weighted by Gasteiger charge is -2.29. The number of hydrogen-bond acceptors (Lipinski definition) is 2. The molecule has 1 saturated heterocycles. The van der Waals surface area contributed by atoms with Crippen molar-refractivity contribution in [2.24, 2.45) is 0 Å². The molecule has 21 heavy (non-hydrogen) atoms. The Bertz CT molecular complexity index is 467. The maximum atomic E-state index is 12.7. The number of hydrogen-bond donors (Lipinski definition) is 1. The molecule has 1 aliphatic carbocycles. The van der Waals surface area contributed by atoms with Crippen LogP contribution in [0.3, 0.4) is 0 Å². The molecule has 3 rings (SSSR count). The van der Waals surface area contributed by atoms with Gasteiger partial charge in [0, 0.05) is 6.04 Å². The summed E-state index contributed by atoms with van der Waals surface area (Å²) in [6.45, 7) is 2.17. The third kappa shape index (κ3) is 3.13. The van der Waals surface area contributed by atoms with E-state index in [2.05, 4.69) is 41.4 Å². The highest BCUT2D eigenvalue weighted by Gasteiger charge is 2.41. The van der Waals surface area contributed by atoms with Crippen molar-refractivity contribution in [3.05, 3.63) is 35.9 Å². The summed E-state index contributed by atoms with van der Waals surface area (Å²) < 4.78 is 0. The fourth-order valence-corrected chi connectivity index (χ4v) is 3.81. The van der Waals surface area contributed by atoms with Gasteiger partial charge in [0.05, 0.1) is 12.2 Å². The van der Waals surface area contributed by atoms with E-state index >= 15 is 0 Å². The second-order valence-electron chi connectivity index (χ2n) is 6.35. The van der Waals surface area contributed by atoms with Gasteiger partial charge in [0.25, 0.3) is 0 Å². The highest BCUT2D eigenvalue weighted by atomic mass is 16.2. The first-order valence-electron chi connectivity index (χ1n) is 8.41. The lowest BCUT2D eigenvalue weighted by Crippen LogP contribution is -2.43. The number of carbonyl (C=O) groups excluding carboxylic acids is 1. The van der Waals surface area contributed by atoms with Crippen LogP contribution in [0.25, 0.3) is 0 Å². The lowest BCUT2D eigenvalue weighted by molar-refractivity contribution is -0.132. The van der Waals surface area contributed by atoms with Gasteiger partial charge >= 0.3 is 0 Å². The van der Waals surface area contributed by atoms with Crippen molar-refractivity contribution in [3.63, 3.8) is 0 Å². The molecule has 1 aliphatic heterocycles. The molecule has 2 atom stereocenters. The van der Waals surface area contributed by atoms with E-state index in [-0.39, 0.29) is 12.2 Å². The zero-order valence-corrected chi connectivity index (χ0v) is 12.9. The van der Waals surface area contributed by atoms with Gasteiger partial charge in [-0.15, -0.1) is 0 Å². The Kier molecular flexibility index (Phi) is 4.59. The quantitative estimate of drug-likeness (QED) is 0.902. The van der Waals surface area contributed by atoms with E-state index in [9.17, 15) is 4.79 Å². The second kappa shape index (κ2) is 6.61. The van der Waals surface area contributed by atoms with E-state index in [1.807, 2.05) is 6.07 Å². The molecule has 3 nitrogen and oxygen atoms in total. The number of carbonyl (C=O) groups is 1. The van der Waals surface area contributed by atoms with Gasteiger partial charge in [-0.1, -0.05) is 50.1 Å². The van der Waals surface area contributed by atoms with Crippen molar-refractivity contribution >= 4 is 5.91 Å². The van der Waals surface area contributed by atoms with Crippen molar-refractivity contribution in [2.75, 3.05) is 0 Å². The number of nitrogens with zero attached hydrogens (tertiary/aromatic N) is 1. The largest absolute Gasteiger partial charge is 0.323 e. The van der Waals surface area contributed by atoms with Gasteiger partial charge in [-0.3, -0.25) is 10.1 Å². The van der Waals surface area contributed by atoms with Crippen molar-refractivity contribution < 1.29 is 4.79 Å². The third-order valence-electron chi connectivity index (χ3n) is 4.95. The molecular formula is C18H26N2O. The molecule has 1 aromatic carbocycles. The SMILES string of the molecule is CCC1NC(CCc2ccccc2)C(=O)N1C1CCCC1. The molecular weight excluding hydrogens is 260 g/mol. The Morgan fingerprint density at radius 1 is 1.19 bits per heavy atom. The molecule has 0 spiro atoms. The van der Waals surface area contributed by atoms with Gasteiger partial charge in [0.15, 0.2) is 0 Å². The predicted octanol–water partition coefficient (Wildman–Crippen LogP) is 3.10. The Hall–Kier alpha value is -1.35.